The summed E-state index contributed by atoms with van der Waals surface area (Å²) in [7, 11) is 1.64. The van der Waals surface area contributed by atoms with E-state index in [9.17, 15) is 4.79 Å². The van der Waals surface area contributed by atoms with Gasteiger partial charge in [-0.2, -0.15) is 0 Å². The normalized spacial score (nSPS) is 10.5. The molecule has 26 heavy (non-hydrogen) atoms. The van der Waals surface area contributed by atoms with Gasteiger partial charge in [0.05, 0.1) is 12.1 Å². The molecular formula is C18H16ClN3O2S2. The molecule has 3 rings (SSSR count). The fourth-order valence-electron chi connectivity index (χ4n) is 2.13. The number of thioether (sulfide) groups is 1. The monoisotopic (exact) mass is 405 g/mol. The first-order valence-corrected chi connectivity index (χ1v) is 9.99. The zero-order chi connectivity index (χ0) is 18.4. The van der Waals surface area contributed by atoms with Crippen LogP contribution in [0.4, 0.5) is 5.13 Å². The Labute approximate surface area is 164 Å². The maximum absolute atomic E-state index is 12.1. The number of nitrogens with one attached hydrogen (secondary N) is 1. The van der Waals surface area contributed by atoms with Crippen LogP contribution in [-0.2, 0) is 4.79 Å². The third-order valence-corrected chi connectivity index (χ3v) is 5.65. The van der Waals surface area contributed by atoms with Crippen molar-refractivity contribution in [1.82, 2.24) is 10.2 Å². The molecule has 3 aromatic rings. The van der Waals surface area contributed by atoms with Gasteiger partial charge in [0.2, 0.25) is 11.0 Å². The molecule has 0 bridgehead atoms. The maximum Gasteiger partial charge on any atom is 0.227 e. The molecule has 8 heteroatoms. The Morgan fingerprint density at radius 3 is 2.69 bits per heavy atom. The molecule has 0 radical (unpaired) electrons. The van der Waals surface area contributed by atoms with E-state index >= 15 is 0 Å². The van der Waals surface area contributed by atoms with Crippen molar-refractivity contribution in [2.24, 2.45) is 0 Å². The number of rotatable bonds is 7. The van der Waals surface area contributed by atoms with Gasteiger partial charge in [0.25, 0.3) is 0 Å². The number of amides is 1. The van der Waals surface area contributed by atoms with Crippen LogP contribution in [0.5, 0.6) is 5.75 Å². The predicted octanol–water partition coefficient (Wildman–Crippen LogP) is 4.99. The Hall–Kier alpha value is -2.09. The van der Waals surface area contributed by atoms with E-state index in [0.717, 1.165) is 16.2 Å². The van der Waals surface area contributed by atoms with Crippen LogP contribution in [0.1, 0.15) is 6.42 Å². The largest absolute Gasteiger partial charge is 0.497 e. The third kappa shape index (κ3) is 4.97. The van der Waals surface area contributed by atoms with E-state index in [1.165, 1.54) is 11.3 Å². The van der Waals surface area contributed by atoms with Gasteiger partial charge in [0, 0.05) is 22.6 Å². The molecule has 1 amide bonds. The summed E-state index contributed by atoms with van der Waals surface area (Å²) < 4.78 is 5.13. The van der Waals surface area contributed by atoms with E-state index in [0.29, 0.717) is 27.3 Å². The summed E-state index contributed by atoms with van der Waals surface area (Å²) >= 11 is 9.08. The number of aromatic nitrogens is 2. The second-order valence-corrected chi connectivity index (χ2v) is 7.77. The molecule has 5 nitrogen and oxygen atoms in total. The number of carbonyl (C=O) groups is 1. The Morgan fingerprint density at radius 1 is 1.19 bits per heavy atom. The minimum atomic E-state index is -0.0899. The SMILES string of the molecule is COc1ccc(SCCC(=O)Nc2nnc(-c3ccccc3Cl)s2)cc1. The standard InChI is InChI=1S/C18H16ClN3O2S2/c1-24-12-6-8-13(9-7-12)25-11-10-16(23)20-18-22-21-17(26-18)14-4-2-3-5-15(14)19/h2-9H,10-11H2,1H3,(H,20,22,23). The summed E-state index contributed by atoms with van der Waals surface area (Å²) in [5.74, 6) is 1.40. The number of ether oxygens (including phenoxy) is 1. The van der Waals surface area contributed by atoms with Gasteiger partial charge in [-0.15, -0.1) is 22.0 Å². The fourth-order valence-corrected chi connectivity index (χ4v) is 4.06. The summed E-state index contributed by atoms with van der Waals surface area (Å²) in [4.78, 5) is 13.2. The number of nitrogens with zero attached hydrogens (tertiary/aromatic N) is 2. The van der Waals surface area contributed by atoms with Crippen molar-refractivity contribution in [1.29, 1.82) is 0 Å². The Kier molecular flexibility index (Phi) is 6.49. The van der Waals surface area contributed by atoms with Crippen molar-refractivity contribution >= 4 is 45.7 Å². The van der Waals surface area contributed by atoms with Gasteiger partial charge in [-0.25, -0.2) is 0 Å². The summed E-state index contributed by atoms with van der Waals surface area (Å²) in [6.45, 7) is 0. The minimum Gasteiger partial charge on any atom is -0.497 e. The molecule has 0 fully saturated rings. The lowest BCUT2D eigenvalue weighted by atomic mass is 10.2. The molecule has 0 spiro atoms. The second-order valence-electron chi connectivity index (χ2n) is 5.21. The molecule has 2 aromatic carbocycles. The zero-order valence-corrected chi connectivity index (χ0v) is 16.3. The van der Waals surface area contributed by atoms with Crippen LogP contribution < -0.4 is 10.1 Å². The average molecular weight is 406 g/mol. The second kappa shape index (κ2) is 9.02. The molecule has 0 unspecified atom stereocenters. The smallest absolute Gasteiger partial charge is 0.227 e. The lowest BCUT2D eigenvalue weighted by Crippen LogP contribution is -2.11. The summed E-state index contributed by atoms with van der Waals surface area (Å²) in [5, 5.41) is 12.7. The van der Waals surface area contributed by atoms with Crippen LogP contribution in [0.15, 0.2) is 53.4 Å². The van der Waals surface area contributed by atoms with Crippen LogP contribution in [-0.4, -0.2) is 29.0 Å². The highest BCUT2D eigenvalue weighted by molar-refractivity contribution is 7.99. The van der Waals surface area contributed by atoms with Crippen molar-refractivity contribution in [3.63, 3.8) is 0 Å². The molecular weight excluding hydrogens is 390 g/mol. The first-order valence-electron chi connectivity index (χ1n) is 7.81. The number of carbonyl (C=O) groups excluding carboxylic acids is 1. The maximum atomic E-state index is 12.1. The van der Waals surface area contributed by atoms with Gasteiger partial charge in [-0.3, -0.25) is 4.79 Å². The molecule has 0 aliphatic heterocycles. The first kappa shape index (κ1) is 18.7. The van der Waals surface area contributed by atoms with Gasteiger partial charge in [-0.1, -0.05) is 41.1 Å². The lowest BCUT2D eigenvalue weighted by molar-refractivity contribution is -0.115. The van der Waals surface area contributed by atoms with Crippen LogP contribution in [0, 0.1) is 0 Å². The van der Waals surface area contributed by atoms with E-state index in [2.05, 4.69) is 15.5 Å². The van der Waals surface area contributed by atoms with E-state index in [4.69, 9.17) is 16.3 Å². The molecule has 0 atom stereocenters. The summed E-state index contributed by atoms with van der Waals surface area (Å²) in [6, 6.07) is 15.2. The van der Waals surface area contributed by atoms with Crippen LogP contribution in [0.3, 0.4) is 0 Å². The third-order valence-electron chi connectivity index (χ3n) is 3.43. The average Bonchev–Trinajstić information content (AvgIpc) is 3.11. The number of halogens is 1. The quantitative estimate of drug-likeness (QED) is 0.561. The Balaban J connectivity index is 1.50. The highest BCUT2D eigenvalue weighted by Gasteiger charge is 2.11. The summed E-state index contributed by atoms with van der Waals surface area (Å²) in [5.41, 5.74) is 0.808. The van der Waals surface area contributed by atoms with E-state index < -0.39 is 0 Å². The van der Waals surface area contributed by atoms with Crippen LogP contribution >= 0.6 is 34.7 Å². The van der Waals surface area contributed by atoms with Gasteiger partial charge in [0.15, 0.2) is 5.01 Å². The van der Waals surface area contributed by atoms with Crippen molar-refractivity contribution < 1.29 is 9.53 Å². The van der Waals surface area contributed by atoms with E-state index in [-0.39, 0.29) is 5.91 Å². The molecule has 134 valence electrons. The Bertz CT molecular complexity index is 884. The molecule has 0 saturated carbocycles. The topological polar surface area (TPSA) is 64.1 Å². The highest BCUT2D eigenvalue weighted by Crippen LogP contribution is 2.31. The molecule has 0 aliphatic rings. The van der Waals surface area contributed by atoms with Gasteiger partial charge >= 0.3 is 0 Å². The Morgan fingerprint density at radius 2 is 1.96 bits per heavy atom. The number of hydrogen-bond acceptors (Lipinski definition) is 6. The van der Waals surface area contributed by atoms with E-state index in [1.807, 2.05) is 42.5 Å². The molecule has 1 N–H and O–H groups in total. The molecule has 0 saturated heterocycles. The van der Waals surface area contributed by atoms with Crippen LogP contribution in [0.25, 0.3) is 10.6 Å². The number of hydrogen-bond donors (Lipinski definition) is 1. The molecule has 1 aromatic heterocycles. The van der Waals surface area contributed by atoms with Crippen molar-refractivity contribution in [3.8, 4) is 16.3 Å². The van der Waals surface area contributed by atoms with Crippen molar-refractivity contribution in [3.05, 3.63) is 53.6 Å². The number of methoxy groups -OCH3 is 1. The minimum absolute atomic E-state index is 0.0899. The van der Waals surface area contributed by atoms with E-state index in [1.54, 1.807) is 24.9 Å². The van der Waals surface area contributed by atoms with Crippen molar-refractivity contribution in [2.45, 2.75) is 11.3 Å². The zero-order valence-electron chi connectivity index (χ0n) is 13.9. The molecule has 1 heterocycles. The van der Waals surface area contributed by atoms with Crippen LogP contribution in [0.2, 0.25) is 5.02 Å². The number of benzene rings is 2. The fraction of sp³-hybridized carbons (Fsp3) is 0.167. The molecule has 0 aliphatic carbocycles. The van der Waals surface area contributed by atoms with Gasteiger partial charge in [-0.05, 0) is 30.3 Å². The highest BCUT2D eigenvalue weighted by atomic mass is 35.5. The summed E-state index contributed by atoms with van der Waals surface area (Å²) in [6.07, 6.45) is 0.387. The number of anilines is 1. The first-order chi connectivity index (χ1) is 12.7. The lowest BCUT2D eigenvalue weighted by Gasteiger charge is -2.03. The van der Waals surface area contributed by atoms with Gasteiger partial charge in [0.1, 0.15) is 5.75 Å². The van der Waals surface area contributed by atoms with Crippen molar-refractivity contribution in [2.75, 3.05) is 18.2 Å². The van der Waals surface area contributed by atoms with Gasteiger partial charge < -0.3 is 10.1 Å². The predicted molar refractivity (Wildman–Crippen MR) is 107 cm³/mol.